The molecule has 1 N–H and O–H groups in total. The number of carbonyl (C=O) groups is 1. The van der Waals surface area contributed by atoms with E-state index in [2.05, 4.69) is 25.8 Å². The molecule has 2 heterocycles. The van der Waals surface area contributed by atoms with Crippen molar-refractivity contribution in [3.8, 4) is 0 Å². The molecular formula is C17H20N6OS2. The van der Waals surface area contributed by atoms with E-state index >= 15 is 0 Å². The maximum Gasteiger partial charge on any atom is 0.231 e. The van der Waals surface area contributed by atoms with Crippen LogP contribution in [0.3, 0.4) is 0 Å². The molecule has 0 aliphatic heterocycles. The Labute approximate surface area is 160 Å². The minimum absolute atomic E-state index is 0.0587. The second-order valence-corrected chi connectivity index (χ2v) is 7.95. The number of thioether (sulfide) groups is 1. The number of anilines is 1. The van der Waals surface area contributed by atoms with Crippen molar-refractivity contribution in [1.82, 2.24) is 25.2 Å². The molecule has 136 valence electrons. The minimum atomic E-state index is -0.0587. The Morgan fingerprint density at radius 3 is 2.92 bits per heavy atom. The molecule has 1 aromatic carbocycles. The van der Waals surface area contributed by atoms with Crippen LogP contribution in [0.1, 0.15) is 36.2 Å². The molecule has 0 unspecified atom stereocenters. The fourth-order valence-electron chi connectivity index (χ4n) is 2.28. The quantitative estimate of drug-likeness (QED) is 0.624. The summed E-state index contributed by atoms with van der Waals surface area (Å²) in [5.74, 6) is 0.611. The van der Waals surface area contributed by atoms with Gasteiger partial charge in [0.1, 0.15) is 5.01 Å². The number of aryl methyl sites for hydroxylation is 1. The summed E-state index contributed by atoms with van der Waals surface area (Å²) in [6, 6.07) is 7.94. The Balaban J connectivity index is 1.55. The van der Waals surface area contributed by atoms with E-state index in [-0.39, 0.29) is 18.4 Å². The van der Waals surface area contributed by atoms with Crippen molar-refractivity contribution in [3.63, 3.8) is 0 Å². The summed E-state index contributed by atoms with van der Waals surface area (Å²) in [7, 11) is 0. The lowest BCUT2D eigenvalue weighted by molar-refractivity contribution is -0.115. The first kappa shape index (κ1) is 18.5. The molecule has 0 bridgehead atoms. The highest BCUT2D eigenvalue weighted by atomic mass is 32.2. The first-order chi connectivity index (χ1) is 12.5. The largest absolute Gasteiger partial charge is 0.325 e. The molecule has 3 aromatic rings. The fraction of sp³-hybridized carbons (Fsp3) is 0.353. The van der Waals surface area contributed by atoms with E-state index in [1.807, 2.05) is 50.4 Å². The van der Waals surface area contributed by atoms with Crippen LogP contribution in [0.2, 0.25) is 0 Å². The fourth-order valence-corrected chi connectivity index (χ4v) is 4.08. The number of aromatic nitrogens is 5. The predicted octanol–water partition coefficient (Wildman–Crippen LogP) is 3.49. The molecule has 0 aliphatic rings. The van der Waals surface area contributed by atoms with Gasteiger partial charge in [0.15, 0.2) is 0 Å². The van der Waals surface area contributed by atoms with Crippen molar-refractivity contribution < 1.29 is 4.79 Å². The molecule has 7 nitrogen and oxygen atoms in total. The van der Waals surface area contributed by atoms with Gasteiger partial charge in [0.2, 0.25) is 11.1 Å². The third-order valence-electron chi connectivity index (χ3n) is 3.63. The summed E-state index contributed by atoms with van der Waals surface area (Å²) in [4.78, 5) is 16.8. The SMILES string of the molecule is Cc1ccccc1NC(=O)Cc1nc(CSc2nnnn2C(C)C)cs1. The van der Waals surface area contributed by atoms with Crippen LogP contribution in [0.5, 0.6) is 0 Å². The average molecular weight is 389 g/mol. The van der Waals surface area contributed by atoms with Gasteiger partial charge in [-0.15, -0.1) is 16.4 Å². The molecule has 0 fully saturated rings. The van der Waals surface area contributed by atoms with Crippen LogP contribution in [0, 0.1) is 6.92 Å². The Hall–Kier alpha value is -2.26. The van der Waals surface area contributed by atoms with E-state index in [0.717, 1.165) is 27.1 Å². The van der Waals surface area contributed by atoms with Crippen LogP contribution >= 0.6 is 23.1 Å². The molecule has 0 radical (unpaired) electrons. The van der Waals surface area contributed by atoms with Gasteiger partial charge in [-0.1, -0.05) is 30.0 Å². The van der Waals surface area contributed by atoms with Crippen molar-refractivity contribution >= 4 is 34.7 Å². The maximum absolute atomic E-state index is 12.2. The maximum atomic E-state index is 12.2. The normalized spacial score (nSPS) is 11.1. The van der Waals surface area contributed by atoms with Gasteiger partial charge in [0, 0.05) is 16.8 Å². The van der Waals surface area contributed by atoms with Crippen LogP contribution in [-0.2, 0) is 17.0 Å². The zero-order chi connectivity index (χ0) is 18.5. The summed E-state index contributed by atoms with van der Waals surface area (Å²) in [6.45, 7) is 6.04. The summed E-state index contributed by atoms with van der Waals surface area (Å²) < 4.78 is 1.79. The standard InChI is InChI=1S/C17H20N6OS2/c1-11(2)23-17(20-21-22-23)26-10-13-9-25-16(18-13)8-15(24)19-14-7-5-4-6-12(14)3/h4-7,9,11H,8,10H2,1-3H3,(H,19,24). The van der Waals surface area contributed by atoms with E-state index in [9.17, 15) is 4.79 Å². The number of amides is 1. The van der Waals surface area contributed by atoms with Gasteiger partial charge in [0.25, 0.3) is 0 Å². The third kappa shape index (κ3) is 4.67. The molecule has 2 aromatic heterocycles. The zero-order valence-corrected chi connectivity index (χ0v) is 16.5. The lowest BCUT2D eigenvalue weighted by Crippen LogP contribution is -2.15. The molecule has 3 rings (SSSR count). The van der Waals surface area contributed by atoms with Gasteiger partial charge in [-0.3, -0.25) is 4.79 Å². The van der Waals surface area contributed by atoms with Gasteiger partial charge in [0.05, 0.1) is 18.2 Å². The molecular weight excluding hydrogens is 368 g/mol. The highest BCUT2D eigenvalue weighted by molar-refractivity contribution is 7.98. The Morgan fingerprint density at radius 1 is 1.35 bits per heavy atom. The van der Waals surface area contributed by atoms with Gasteiger partial charge >= 0.3 is 0 Å². The monoisotopic (exact) mass is 388 g/mol. The van der Waals surface area contributed by atoms with E-state index in [0.29, 0.717) is 5.75 Å². The van der Waals surface area contributed by atoms with Crippen molar-refractivity contribution in [2.45, 2.75) is 44.1 Å². The molecule has 26 heavy (non-hydrogen) atoms. The van der Waals surface area contributed by atoms with E-state index in [4.69, 9.17) is 0 Å². The van der Waals surface area contributed by atoms with Crippen LogP contribution in [0.25, 0.3) is 0 Å². The number of thiazole rings is 1. The lowest BCUT2D eigenvalue weighted by Gasteiger charge is -2.07. The lowest BCUT2D eigenvalue weighted by atomic mass is 10.2. The highest BCUT2D eigenvalue weighted by Crippen LogP contribution is 2.23. The van der Waals surface area contributed by atoms with E-state index in [1.165, 1.54) is 11.3 Å². The molecule has 0 aliphatic carbocycles. The Morgan fingerprint density at radius 2 is 2.15 bits per heavy atom. The second-order valence-electron chi connectivity index (χ2n) is 6.06. The summed E-state index contributed by atoms with van der Waals surface area (Å²) in [5.41, 5.74) is 2.81. The average Bonchev–Trinajstić information content (AvgIpc) is 3.24. The van der Waals surface area contributed by atoms with Gasteiger partial charge in [-0.25, -0.2) is 9.67 Å². The smallest absolute Gasteiger partial charge is 0.231 e. The first-order valence-corrected chi connectivity index (χ1v) is 10.1. The van der Waals surface area contributed by atoms with Gasteiger partial charge in [-0.05, 0) is 42.8 Å². The number of benzene rings is 1. The Kier molecular flexibility index (Phi) is 6.00. The second kappa shape index (κ2) is 8.41. The summed E-state index contributed by atoms with van der Waals surface area (Å²) in [5, 5.41) is 18.2. The number of carbonyl (C=O) groups excluding carboxylic acids is 1. The topological polar surface area (TPSA) is 85.6 Å². The van der Waals surface area contributed by atoms with E-state index < -0.39 is 0 Å². The zero-order valence-electron chi connectivity index (χ0n) is 14.8. The molecule has 0 saturated heterocycles. The molecule has 0 saturated carbocycles. The summed E-state index contributed by atoms with van der Waals surface area (Å²) in [6.07, 6.45) is 0.271. The predicted molar refractivity (Wildman–Crippen MR) is 103 cm³/mol. The van der Waals surface area contributed by atoms with Crippen LogP contribution in [0.4, 0.5) is 5.69 Å². The number of para-hydroxylation sites is 1. The van der Waals surface area contributed by atoms with Gasteiger partial charge < -0.3 is 5.32 Å². The number of nitrogens with one attached hydrogen (secondary N) is 1. The number of hydrogen-bond donors (Lipinski definition) is 1. The van der Waals surface area contributed by atoms with Crippen LogP contribution in [0.15, 0.2) is 34.8 Å². The highest BCUT2D eigenvalue weighted by Gasteiger charge is 2.13. The molecule has 1 amide bonds. The first-order valence-electron chi connectivity index (χ1n) is 8.22. The van der Waals surface area contributed by atoms with E-state index in [1.54, 1.807) is 16.4 Å². The molecule has 0 spiro atoms. The number of rotatable bonds is 7. The van der Waals surface area contributed by atoms with Crippen molar-refractivity contribution in [2.24, 2.45) is 0 Å². The third-order valence-corrected chi connectivity index (χ3v) is 5.50. The number of hydrogen-bond acceptors (Lipinski definition) is 7. The molecule has 0 atom stereocenters. The number of nitrogens with zero attached hydrogens (tertiary/aromatic N) is 5. The Bertz CT molecular complexity index is 889. The minimum Gasteiger partial charge on any atom is -0.325 e. The van der Waals surface area contributed by atoms with Crippen LogP contribution < -0.4 is 5.32 Å². The van der Waals surface area contributed by atoms with Crippen molar-refractivity contribution in [1.29, 1.82) is 0 Å². The number of tetrazole rings is 1. The van der Waals surface area contributed by atoms with Crippen molar-refractivity contribution in [3.05, 3.63) is 45.9 Å². The van der Waals surface area contributed by atoms with Crippen LogP contribution in [-0.4, -0.2) is 31.1 Å². The summed E-state index contributed by atoms with van der Waals surface area (Å²) >= 11 is 3.04. The molecule has 9 heteroatoms. The van der Waals surface area contributed by atoms with Crippen molar-refractivity contribution in [2.75, 3.05) is 5.32 Å². The van der Waals surface area contributed by atoms with Gasteiger partial charge in [-0.2, -0.15) is 0 Å².